The summed E-state index contributed by atoms with van der Waals surface area (Å²) in [4.78, 5) is 3.95. The van der Waals surface area contributed by atoms with E-state index in [4.69, 9.17) is 11.6 Å². The van der Waals surface area contributed by atoms with Gasteiger partial charge in [0.05, 0.1) is 9.86 Å². The van der Waals surface area contributed by atoms with Gasteiger partial charge in [-0.2, -0.15) is 5.10 Å². The van der Waals surface area contributed by atoms with E-state index in [0.717, 1.165) is 15.4 Å². The molecule has 0 saturated carbocycles. The van der Waals surface area contributed by atoms with Crippen LogP contribution in [0.5, 0.6) is 0 Å². The minimum absolute atomic E-state index is 0.522. The summed E-state index contributed by atoms with van der Waals surface area (Å²) in [7, 11) is 0. The number of rotatable bonds is 0. The molecule has 2 aromatic rings. The number of fused-ring (bicyclic) bond motifs is 1. The van der Waals surface area contributed by atoms with Crippen molar-refractivity contribution in [2.24, 2.45) is 0 Å². The van der Waals surface area contributed by atoms with Gasteiger partial charge in [0.15, 0.2) is 0 Å². The monoisotopic (exact) mass is 231 g/mol. The lowest BCUT2D eigenvalue weighted by atomic mass is 10.3. The zero-order valence-corrected chi connectivity index (χ0v) is 7.65. The molecule has 0 aromatic carbocycles. The first kappa shape index (κ1) is 7.06. The quantitative estimate of drug-likeness (QED) is 0.758. The maximum Gasteiger partial charge on any atom is 0.133 e. The summed E-state index contributed by atoms with van der Waals surface area (Å²) in [5, 5.41) is 7.99. The summed E-state index contributed by atoms with van der Waals surface area (Å²) >= 11 is 9.07. The van der Waals surface area contributed by atoms with Crippen molar-refractivity contribution in [1.29, 1.82) is 0 Å². The molecule has 0 aliphatic carbocycles. The van der Waals surface area contributed by atoms with Crippen LogP contribution < -0.4 is 0 Å². The molecule has 0 amide bonds. The van der Waals surface area contributed by atoms with E-state index in [9.17, 15) is 0 Å². The number of pyridine rings is 1. The molecule has 11 heavy (non-hydrogen) atoms. The van der Waals surface area contributed by atoms with Gasteiger partial charge in [-0.05, 0) is 15.9 Å². The molecular formula is C6H3BrClN3. The predicted molar refractivity (Wildman–Crippen MR) is 46.6 cm³/mol. The average Bonchev–Trinajstić information content (AvgIpc) is 2.35. The molecule has 3 nitrogen and oxygen atoms in total. The van der Waals surface area contributed by atoms with Crippen LogP contribution in [0, 0.1) is 0 Å². The normalized spacial score (nSPS) is 10.7. The van der Waals surface area contributed by atoms with Crippen LogP contribution in [0.3, 0.4) is 0 Å². The number of H-pyrrole nitrogens is 1. The maximum atomic E-state index is 5.77. The molecule has 0 aliphatic rings. The van der Waals surface area contributed by atoms with Crippen molar-refractivity contribution in [3.63, 3.8) is 0 Å². The van der Waals surface area contributed by atoms with Crippen molar-refractivity contribution in [3.8, 4) is 0 Å². The predicted octanol–water partition coefficient (Wildman–Crippen LogP) is 2.37. The van der Waals surface area contributed by atoms with Gasteiger partial charge >= 0.3 is 0 Å². The Balaban J connectivity index is 2.94. The molecule has 2 aromatic heterocycles. The molecule has 0 spiro atoms. The van der Waals surface area contributed by atoms with Crippen molar-refractivity contribution in [2.45, 2.75) is 0 Å². The van der Waals surface area contributed by atoms with Crippen molar-refractivity contribution in [3.05, 3.63) is 22.0 Å². The second-order valence-electron chi connectivity index (χ2n) is 2.06. The second-order valence-corrected chi connectivity index (χ2v) is 3.29. The van der Waals surface area contributed by atoms with Gasteiger partial charge in [-0.25, -0.2) is 0 Å². The Morgan fingerprint density at radius 3 is 3.00 bits per heavy atom. The molecule has 0 bridgehead atoms. The zero-order chi connectivity index (χ0) is 7.84. The third-order valence-corrected chi connectivity index (χ3v) is 2.24. The molecule has 0 unspecified atom stereocenters. The number of aromatic nitrogens is 3. The third kappa shape index (κ3) is 1.02. The number of nitrogens with one attached hydrogen (secondary N) is 1. The van der Waals surface area contributed by atoms with Crippen LogP contribution in [0.4, 0.5) is 0 Å². The van der Waals surface area contributed by atoms with Crippen LogP contribution in [0.25, 0.3) is 10.9 Å². The summed E-state index contributed by atoms with van der Waals surface area (Å²) in [6.45, 7) is 0. The molecule has 5 heteroatoms. The second kappa shape index (κ2) is 2.46. The van der Waals surface area contributed by atoms with Crippen LogP contribution in [-0.4, -0.2) is 15.2 Å². The smallest absolute Gasteiger partial charge is 0.133 e. The minimum Gasteiger partial charge on any atom is -0.266 e. The first-order chi connectivity index (χ1) is 5.29. The Bertz CT molecular complexity index is 398. The van der Waals surface area contributed by atoms with Gasteiger partial charge in [-0.1, -0.05) is 11.6 Å². The summed E-state index contributed by atoms with van der Waals surface area (Å²) in [5.74, 6) is 0. The van der Waals surface area contributed by atoms with Gasteiger partial charge in [0.1, 0.15) is 10.7 Å². The third-order valence-electron chi connectivity index (χ3n) is 1.38. The van der Waals surface area contributed by atoms with Crippen molar-refractivity contribution in [2.75, 3.05) is 0 Å². The van der Waals surface area contributed by atoms with Crippen molar-refractivity contribution >= 4 is 38.4 Å². The number of halogens is 2. The van der Waals surface area contributed by atoms with Gasteiger partial charge in [0.2, 0.25) is 0 Å². The Labute approximate surface area is 75.9 Å². The highest BCUT2D eigenvalue weighted by atomic mass is 79.9. The number of aromatic amines is 1. The standard InChI is InChI=1S/C6H3BrClN3/c7-4-2-9-1-3-5(4)10-11-6(3)8/h1-2H,(H,10,11). The molecule has 1 N–H and O–H groups in total. The molecule has 2 heterocycles. The fourth-order valence-corrected chi connectivity index (χ4v) is 1.47. The van der Waals surface area contributed by atoms with E-state index in [1.54, 1.807) is 12.4 Å². The lowest BCUT2D eigenvalue weighted by Crippen LogP contribution is -1.73. The van der Waals surface area contributed by atoms with Gasteiger partial charge in [-0.3, -0.25) is 10.1 Å². The Kier molecular flexibility index (Phi) is 1.58. The molecular weight excluding hydrogens is 229 g/mol. The highest BCUT2D eigenvalue weighted by molar-refractivity contribution is 9.10. The lowest BCUT2D eigenvalue weighted by Gasteiger charge is -1.88. The fraction of sp³-hybridized carbons (Fsp3) is 0. The highest BCUT2D eigenvalue weighted by Crippen LogP contribution is 2.24. The van der Waals surface area contributed by atoms with E-state index in [0.29, 0.717) is 5.15 Å². The zero-order valence-electron chi connectivity index (χ0n) is 5.31. The molecule has 0 radical (unpaired) electrons. The number of hydrogen-bond acceptors (Lipinski definition) is 2. The lowest BCUT2D eigenvalue weighted by molar-refractivity contribution is 1.12. The van der Waals surface area contributed by atoms with E-state index < -0.39 is 0 Å². The van der Waals surface area contributed by atoms with Crippen LogP contribution in [0.1, 0.15) is 0 Å². The first-order valence-corrected chi connectivity index (χ1v) is 4.09. The van der Waals surface area contributed by atoms with E-state index >= 15 is 0 Å². The fourth-order valence-electron chi connectivity index (χ4n) is 0.868. The summed E-state index contributed by atoms with van der Waals surface area (Å²) in [6, 6.07) is 0. The maximum absolute atomic E-state index is 5.77. The molecule has 0 fully saturated rings. The van der Waals surface area contributed by atoms with Crippen LogP contribution in [-0.2, 0) is 0 Å². The Morgan fingerprint density at radius 1 is 1.45 bits per heavy atom. The molecule has 2 rings (SSSR count). The Hall–Kier alpha value is -0.610. The minimum atomic E-state index is 0.522. The topological polar surface area (TPSA) is 41.6 Å². The van der Waals surface area contributed by atoms with E-state index in [1.165, 1.54) is 0 Å². The van der Waals surface area contributed by atoms with Crippen molar-refractivity contribution < 1.29 is 0 Å². The van der Waals surface area contributed by atoms with E-state index in [2.05, 4.69) is 31.1 Å². The van der Waals surface area contributed by atoms with Crippen LogP contribution in [0.15, 0.2) is 16.9 Å². The summed E-state index contributed by atoms with van der Waals surface area (Å²) < 4.78 is 0.846. The Morgan fingerprint density at radius 2 is 2.27 bits per heavy atom. The van der Waals surface area contributed by atoms with E-state index in [1.807, 2.05) is 0 Å². The van der Waals surface area contributed by atoms with Gasteiger partial charge in [-0.15, -0.1) is 0 Å². The molecule has 0 saturated heterocycles. The van der Waals surface area contributed by atoms with Crippen molar-refractivity contribution in [1.82, 2.24) is 15.2 Å². The SMILES string of the molecule is Clc1[nH]nc2c(Br)cncc12. The largest absolute Gasteiger partial charge is 0.266 e. The average molecular weight is 232 g/mol. The van der Waals surface area contributed by atoms with Crippen LogP contribution >= 0.6 is 27.5 Å². The number of hydrogen-bond donors (Lipinski definition) is 1. The van der Waals surface area contributed by atoms with Crippen LogP contribution in [0.2, 0.25) is 5.15 Å². The first-order valence-electron chi connectivity index (χ1n) is 2.92. The van der Waals surface area contributed by atoms with E-state index in [-0.39, 0.29) is 0 Å². The van der Waals surface area contributed by atoms with Gasteiger partial charge in [0.25, 0.3) is 0 Å². The molecule has 0 atom stereocenters. The summed E-state index contributed by atoms with van der Waals surface area (Å²) in [5.41, 5.74) is 0.810. The highest BCUT2D eigenvalue weighted by Gasteiger charge is 2.04. The van der Waals surface area contributed by atoms with Gasteiger partial charge < -0.3 is 0 Å². The van der Waals surface area contributed by atoms with Gasteiger partial charge in [0, 0.05) is 12.4 Å². The number of nitrogens with zero attached hydrogens (tertiary/aromatic N) is 2. The molecule has 56 valence electrons. The molecule has 0 aliphatic heterocycles. The summed E-state index contributed by atoms with van der Waals surface area (Å²) in [6.07, 6.45) is 3.35.